The number of nitrogens with zero attached hydrogens (tertiary/aromatic N) is 1. The molecule has 1 saturated heterocycles. The molecular weight excluding hydrogens is 319 g/mol. The minimum atomic E-state index is -0.295. The highest BCUT2D eigenvalue weighted by molar-refractivity contribution is 5.80. The predicted molar refractivity (Wildman–Crippen MR) is 94.3 cm³/mol. The summed E-state index contributed by atoms with van der Waals surface area (Å²) in [5.41, 5.74) is 0.852. The summed E-state index contributed by atoms with van der Waals surface area (Å²) in [4.78, 5) is 14.7. The van der Waals surface area contributed by atoms with Crippen molar-refractivity contribution >= 4 is 5.91 Å². The molecule has 0 unspecified atom stereocenters. The number of hydrogen-bond acceptors (Lipinski definition) is 3. The van der Waals surface area contributed by atoms with E-state index in [4.69, 9.17) is 4.74 Å². The first-order valence-corrected chi connectivity index (χ1v) is 9.56. The lowest BCUT2D eigenvalue weighted by atomic mass is 9.79. The van der Waals surface area contributed by atoms with Crippen molar-refractivity contribution in [3.05, 3.63) is 29.8 Å². The molecule has 1 aromatic carbocycles. The minimum absolute atomic E-state index is 0.0192. The van der Waals surface area contributed by atoms with Gasteiger partial charge in [0.2, 0.25) is 5.91 Å². The molecule has 0 bridgehead atoms. The average Bonchev–Trinajstić information content (AvgIpc) is 2.56. The zero-order chi connectivity index (χ0) is 17.3. The summed E-state index contributed by atoms with van der Waals surface area (Å²) < 4.78 is 19.0. The Labute approximate surface area is 148 Å². The van der Waals surface area contributed by atoms with E-state index < -0.39 is 0 Å². The second kappa shape index (κ2) is 6.94. The molecule has 1 aromatic rings. The highest BCUT2D eigenvalue weighted by atomic mass is 19.1. The number of likely N-dealkylation sites (tertiary alicyclic amines) is 1. The maximum absolute atomic E-state index is 12.6. The smallest absolute Gasteiger partial charge is 0.223 e. The van der Waals surface area contributed by atoms with Crippen molar-refractivity contribution in [2.24, 2.45) is 5.92 Å². The van der Waals surface area contributed by atoms with Crippen molar-refractivity contribution in [1.82, 2.24) is 10.2 Å². The van der Waals surface area contributed by atoms with Gasteiger partial charge in [-0.25, -0.2) is 4.39 Å². The summed E-state index contributed by atoms with van der Waals surface area (Å²) in [6, 6.07) is 8.08. The zero-order valence-electron chi connectivity index (χ0n) is 14.7. The van der Waals surface area contributed by atoms with Crippen LogP contribution >= 0.6 is 0 Å². The number of fused-ring (bicyclic) bond motifs is 1. The van der Waals surface area contributed by atoms with E-state index in [1.165, 1.54) is 0 Å². The monoisotopic (exact) mass is 346 g/mol. The number of rotatable bonds is 4. The maximum atomic E-state index is 12.6. The molecule has 1 amide bonds. The number of benzene rings is 1. The second-order valence-corrected chi connectivity index (χ2v) is 7.75. The summed E-state index contributed by atoms with van der Waals surface area (Å²) in [7, 11) is 0. The van der Waals surface area contributed by atoms with Gasteiger partial charge in [0.1, 0.15) is 18.0 Å². The van der Waals surface area contributed by atoms with Gasteiger partial charge < -0.3 is 15.0 Å². The minimum Gasteiger partial charge on any atom is -0.487 e. The summed E-state index contributed by atoms with van der Waals surface area (Å²) in [6.07, 6.45) is 5.77. The van der Waals surface area contributed by atoms with Crippen LogP contribution < -0.4 is 10.1 Å². The van der Waals surface area contributed by atoms with Gasteiger partial charge in [0.15, 0.2) is 0 Å². The van der Waals surface area contributed by atoms with Gasteiger partial charge >= 0.3 is 0 Å². The van der Waals surface area contributed by atoms with Gasteiger partial charge in [-0.05, 0) is 31.7 Å². The van der Waals surface area contributed by atoms with Crippen molar-refractivity contribution < 1.29 is 13.9 Å². The number of hydrogen-bond donors (Lipinski definition) is 1. The number of piperidine rings is 1. The molecule has 25 heavy (non-hydrogen) atoms. The molecule has 3 aliphatic rings. The lowest BCUT2D eigenvalue weighted by Gasteiger charge is -2.47. The third-order valence-electron chi connectivity index (χ3n) is 6.16. The van der Waals surface area contributed by atoms with Crippen LogP contribution in [-0.4, -0.2) is 42.7 Å². The summed E-state index contributed by atoms with van der Waals surface area (Å²) in [5, 5.41) is 3.29. The molecule has 2 fully saturated rings. The molecule has 1 saturated carbocycles. The van der Waals surface area contributed by atoms with Crippen LogP contribution in [0.4, 0.5) is 4.39 Å². The molecule has 2 aliphatic heterocycles. The summed E-state index contributed by atoms with van der Waals surface area (Å²) in [6.45, 7) is 1.93. The van der Waals surface area contributed by atoms with Crippen LogP contribution in [0.25, 0.3) is 0 Å². The molecular formula is C20H27FN2O2. The molecule has 1 N–H and O–H groups in total. The third-order valence-corrected chi connectivity index (χ3v) is 6.16. The average molecular weight is 346 g/mol. The first-order valence-electron chi connectivity index (χ1n) is 9.56. The molecule has 1 aliphatic carbocycles. The Morgan fingerprint density at radius 1 is 1.28 bits per heavy atom. The zero-order valence-corrected chi connectivity index (χ0v) is 14.7. The lowest BCUT2D eigenvalue weighted by Crippen LogP contribution is -2.53. The number of alkyl halides is 1. The molecule has 0 aromatic heterocycles. The Balaban J connectivity index is 1.51. The van der Waals surface area contributed by atoms with Gasteiger partial charge in [0, 0.05) is 37.5 Å². The molecule has 4 nitrogen and oxygen atoms in total. The SMILES string of the molecule is O=C(N[C@@H]1CC2(CCN(CCF)CC2)Oc2ccccc21)C1CCC1. The van der Waals surface area contributed by atoms with Crippen molar-refractivity contribution in [2.45, 2.75) is 50.2 Å². The second-order valence-electron chi connectivity index (χ2n) is 7.75. The molecule has 2 heterocycles. The standard InChI is InChI=1S/C20H27FN2O2/c21-10-13-23-11-8-20(9-12-23)14-17(22-19(24)15-4-3-5-15)16-6-1-2-7-18(16)25-20/h1-2,6-7,15,17H,3-5,8-14H2,(H,22,24)/t17-/m1/s1. The van der Waals surface area contributed by atoms with E-state index in [9.17, 15) is 9.18 Å². The van der Waals surface area contributed by atoms with Crippen LogP contribution in [-0.2, 0) is 4.79 Å². The van der Waals surface area contributed by atoms with E-state index >= 15 is 0 Å². The van der Waals surface area contributed by atoms with E-state index in [-0.39, 0.29) is 30.1 Å². The van der Waals surface area contributed by atoms with Crippen molar-refractivity contribution in [2.75, 3.05) is 26.3 Å². The van der Waals surface area contributed by atoms with Crippen LogP contribution in [0, 0.1) is 5.92 Å². The van der Waals surface area contributed by atoms with Gasteiger partial charge in [-0.3, -0.25) is 4.79 Å². The van der Waals surface area contributed by atoms with E-state index in [1.807, 2.05) is 18.2 Å². The van der Waals surface area contributed by atoms with Crippen LogP contribution in [0.15, 0.2) is 24.3 Å². The number of nitrogens with one attached hydrogen (secondary N) is 1. The fourth-order valence-corrected chi connectivity index (χ4v) is 4.32. The van der Waals surface area contributed by atoms with E-state index in [0.29, 0.717) is 6.54 Å². The van der Waals surface area contributed by atoms with Gasteiger partial charge in [-0.15, -0.1) is 0 Å². The number of amides is 1. The van der Waals surface area contributed by atoms with Crippen molar-refractivity contribution in [1.29, 1.82) is 0 Å². The quantitative estimate of drug-likeness (QED) is 0.910. The highest BCUT2D eigenvalue weighted by Crippen LogP contribution is 2.44. The largest absolute Gasteiger partial charge is 0.487 e. The van der Waals surface area contributed by atoms with Gasteiger partial charge in [0.05, 0.1) is 6.04 Å². The Morgan fingerprint density at radius 2 is 2.04 bits per heavy atom. The van der Waals surface area contributed by atoms with Gasteiger partial charge in [-0.2, -0.15) is 0 Å². The van der Waals surface area contributed by atoms with Crippen molar-refractivity contribution in [3.63, 3.8) is 0 Å². The fraction of sp³-hybridized carbons (Fsp3) is 0.650. The fourth-order valence-electron chi connectivity index (χ4n) is 4.32. The number of halogens is 1. The number of carbonyl (C=O) groups excluding carboxylic acids is 1. The summed E-state index contributed by atoms with van der Waals surface area (Å²) >= 11 is 0. The summed E-state index contributed by atoms with van der Waals surface area (Å²) in [5.74, 6) is 1.28. The maximum Gasteiger partial charge on any atom is 0.223 e. The Morgan fingerprint density at radius 3 is 2.72 bits per heavy atom. The normalized spacial score (nSPS) is 25.7. The van der Waals surface area contributed by atoms with Crippen LogP contribution in [0.3, 0.4) is 0 Å². The first kappa shape index (κ1) is 16.8. The van der Waals surface area contributed by atoms with E-state index in [0.717, 1.165) is 62.9 Å². The van der Waals surface area contributed by atoms with Crippen LogP contribution in [0.5, 0.6) is 5.75 Å². The van der Waals surface area contributed by atoms with E-state index in [2.05, 4.69) is 16.3 Å². The Hall–Kier alpha value is -1.62. The van der Waals surface area contributed by atoms with E-state index in [1.54, 1.807) is 0 Å². The molecule has 1 atom stereocenters. The van der Waals surface area contributed by atoms with Gasteiger partial charge in [0.25, 0.3) is 0 Å². The Bertz CT molecular complexity index is 624. The molecule has 0 radical (unpaired) electrons. The third kappa shape index (κ3) is 3.39. The van der Waals surface area contributed by atoms with Gasteiger partial charge in [-0.1, -0.05) is 24.6 Å². The van der Waals surface area contributed by atoms with Crippen LogP contribution in [0.1, 0.15) is 50.1 Å². The molecule has 136 valence electrons. The molecule has 1 spiro atoms. The topological polar surface area (TPSA) is 41.6 Å². The predicted octanol–water partition coefficient (Wildman–Crippen LogP) is 3.23. The number of carbonyl (C=O) groups is 1. The lowest BCUT2D eigenvalue weighted by molar-refractivity contribution is -0.129. The first-order chi connectivity index (χ1) is 12.2. The molecule has 5 heteroatoms. The number of ether oxygens (including phenoxy) is 1. The van der Waals surface area contributed by atoms with Crippen molar-refractivity contribution in [3.8, 4) is 5.75 Å². The number of para-hydroxylation sites is 1. The van der Waals surface area contributed by atoms with Crippen LogP contribution in [0.2, 0.25) is 0 Å². The Kier molecular flexibility index (Phi) is 4.67. The highest BCUT2D eigenvalue weighted by Gasteiger charge is 2.44. The molecule has 4 rings (SSSR count).